The third kappa shape index (κ3) is 5.35. The largest absolute Gasteiger partial charge is 0.366 e. The molecule has 0 saturated heterocycles. The summed E-state index contributed by atoms with van der Waals surface area (Å²) in [5.41, 5.74) is 7.60. The van der Waals surface area contributed by atoms with Gasteiger partial charge in [-0.2, -0.15) is 0 Å². The SMILES string of the molecule is CC(=Nc1ccc(CN)cc1)N(C)C.Cl.Cl. The molecule has 0 heterocycles. The van der Waals surface area contributed by atoms with Crippen molar-refractivity contribution in [2.24, 2.45) is 10.7 Å². The van der Waals surface area contributed by atoms with E-state index in [2.05, 4.69) is 4.99 Å². The highest BCUT2D eigenvalue weighted by atomic mass is 35.5. The number of nitrogens with zero attached hydrogens (tertiary/aromatic N) is 2. The number of nitrogens with two attached hydrogens (primary N) is 1. The Morgan fingerprint density at radius 2 is 1.69 bits per heavy atom. The van der Waals surface area contributed by atoms with E-state index < -0.39 is 0 Å². The van der Waals surface area contributed by atoms with Crippen LogP contribution >= 0.6 is 24.8 Å². The molecule has 0 radical (unpaired) electrons. The highest BCUT2D eigenvalue weighted by Gasteiger charge is 1.94. The van der Waals surface area contributed by atoms with E-state index in [1.54, 1.807) is 0 Å². The molecule has 1 rings (SSSR count). The van der Waals surface area contributed by atoms with E-state index in [1.165, 1.54) is 0 Å². The second-order valence-corrected chi connectivity index (χ2v) is 3.42. The maximum absolute atomic E-state index is 5.51. The summed E-state index contributed by atoms with van der Waals surface area (Å²) >= 11 is 0. The first-order chi connectivity index (χ1) is 6.63. The van der Waals surface area contributed by atoms with Gasteiger partial charge in [-0.25, -0.2) is 4.99 Å². The van der Waals surface area contributed by atoms with Crippen LogP contribution in [-0.2, 0) is 6.54 Å². The lowest BCUT2D eigenvalue weighted by atomic mass is 10.2. The Morgan fingerprint density at radius 3 is 2.06 bits per heavy atom. The Labute approximate surface area is 110 Å². The predicted molar refractivity (Wildman–Crippen MR) is 75.3 cm³/mol. The van der Waals surface area contributed by atoms with Crippen LogP contribution in [0.15, 0.2) is 29.3 Å². The molecule has 3 nitrogen and oxygen atoms in total. The van der Waals surface area contributed by atoms with Gasteiger partial charge in [-0.1, -0.05) is 12.1 Å². The van der Waals surface area contributed by atoms with Crippen LogP contribution in [0.5, 0.6) is 0 Å². The third-order valence-corrected chi connectivity index (χ3v) is 2.11. The first-order valence-corrected chi connectivity index (χ1v) is 4.65. The molecular formula is C11H19Cl2N3. The molecule has 0 spiro atoms. The van der Waals surface area contributed by atoms with Crippen LogP contribution < -0.4 is 5.73 Å². The van der Waals surface area contributed by atoms with Gasteiger partial charge in [0.05, 0.1) is 5.69 Å². The van der Waals surface area contributed by atoms with Crippen LogP contribution in [0.25, 0.3) is 0 Å². The Hall–Kier alpha value is -0.770. The summed E-state index contributed by atoms with van der Waals surface area (Å²) in [5, 5.41) is 0. The summed E-state index contributed by atoms with van der Waals surface area (Å²) in [4.78, 5) is 6.42. The van der Waals surface area contributed by atoms with Gasteiger partial charge < -0.3 is 10.6 Å². The smallest absolute Gasteiger partial charge is 0.101 e. The van der Waals surface area contributed by atoms with Crippen LogP contribution in [0.1, 0.15) is 12.5 Å². The van der Waals surface area contributed by atoms with Crippen molar-refractivity contribution < 1.29 is 0 Å². The highest BCUT2D eigenvalue weighted by molar-refractivity contribution is 5.85. The zero-order valence-corrected chi connectivity index (χ0v) is 11.4. The summed E-state index contributed by atoms with van der Waals surface area (Å²) in [6.45, 7) is 2.56. The Bertz CT molecular complexity index is 321. The minimum absolute atomic E-state index is 0. The average Bonchev–Trinajstić information content (AvgIpc) is 2.19. The molecular weight excluding hydrogens is 245 g/mol. The van der Waals surface area contributed by atoms with Gasteiger partial charge in [-0.15, -0.1) is 24.8 Å². The molecule has 5 heteroatoms. The minimum atomic E-state index is 0. The van der Waals surface area contributed by atoms with Gasteiger partial charge in [-0.3, -0.25) is 0 Å². The van der Waals surface area contributed by atoms with Crippen LogP contribution in [0.3, 0.4) is 0 Å². The van der Waals surface area contributed by atoms with E-state index in [1.807, 2.05) is 50.2 Å². The van der Waals surface area contributed by atoms with Gasteiger partial charge in [0.15, 0.2) is 0 Å². The van der Waals surface area contributed by atoms with Gasteiger partial charge in [0.25, 0.3) is 0 Å². The Kier molecular flexibility index (Phi) is 9.24. The van der Waals surface area contributed by atoms with E-state index in [0.29, 0.717) is 6.54 Å². The van der Waals surface area contributed by atoms with E-state index in [-0.39, 0.29) is 24.8 Å². The summed E-state index contributed by atoms with van der Waals surface area (Å²) in [6, 6.07) is 7.97. The van der Waals surface area contributed by atoms with Crippen LogP contribution in [-0.4, -0.2) is 24.8 Å². The summed E-state index contributed by atoms with van der Waals surface area (Å²) in [7, 11) is 3.96. The molecule has 1 aromatic carbocycles. The van der Waals surface area contributed by atoms with Crippen molar-refractivity contribution in [2.45, 2.75) is 13.5 Å². The normalized spacial score (nSPS) is 10.1. The second kappa shape index (κ2) is 8.39. The van der Waals surface area contributed by atoms with E-state index in [9.17, 15) is 0 Å². The molecule has 92 valence electrons. The molecule has 0 aromatic heterocycles. The fourth-order valence-electron chi connectivity index (χ4n) is 0.993. The standard InChI is InChI=1S/C11H17N3.2ClH/c1-9(14(2)3)13-11-6-4-10(8-12)5-7-11;;/h4-7H,8,12H2,1-3H3;2*1H. The number of hydrogen-bond donors (Lipinski definition) is 1. The quantitative estimate of drug-likeness (QED) is 0.659. The van der Waals surface area contributed by atoms with Crippen molar-refractivity contribution in [3.63, 3.8) is 0 Å². The molecule has 1 aromatic rings. The van der Waals surface area contributed by atoms with E-state index in [4.69, 9.17) is 5.73 Å². The third-order valence-electron chi connectivity index (χ3n) is 2.11. The molecule has 0 fully saturated rings. The molecule has 16 heavy (non-hydrogen) atoms. The molecule has 0 bridgehead atoms. The summed E-state index contributed by atoms with van der Waals surface area (Å²) < 4.78 is 0. The van der Waals surface area contributed by atoms with Gasteiger partial charge in [0.2, 0.25) is 0 Å². The van der Waals surface area contributed by atoms with Gasteiger partial charge >= 0.3 is 0 Å². The van der Waals surface area contributed by atoms with Crippen molar-refractivity contribution in [2.75, 3.05) is 14.1 Å². The predicted octanol–water partition coefficient (Wildman–Crippen LogP) is 2.60. The minimum Gasteiger partial charge on any atom is -0.366 e. The second-order valence-electron chi connectivity index (χ2n) is 3.42. The molecule has 0 aliphatic carbocycles. The van der Waals surface area contributed by atoms with Crippen LogP contribution in [0.4, 0.5) is 5.69 Å². The molecule has 0 aliphatic rings. The Morgan fingerprint density at radius 1 is 1.19 bits per heavy atom. The van der Waals surface area contributed by atoms with Crippen molar-refractivity contribution in [3.05, 3.63) is 29.8 Å². The number of amidine groups is 1. The van der Waals surface area contributed by atoms with E-state index in [0.717, 1.165) is 17.1 Å². The van der Waals surface area contributed by atoms with Crippen molar-refractivity contribution in [3.8, 4) is 0 Å². The van der Waals surface area contributed by atoms with Gasteiger partial charge in [-0.05, 0) is 24.6 Å². The Balaban J connectivity index is 0. The maximum Gasteiger partial charge on any atom is 0.101 e. The number of benzene rings is 1. The molecule has 0 aliphatic heterocycles. The van der Waals surface area contributed by atoms with Crippen LogP contribution in [0, 0.1) is 0 Å². The zero-order chi connectivity index (χ0) is 10.6. The van der Waals surface area contributed by atoms with Gasteiger partial charge in [0.1, 0.15) is 5.84 Å². The number of hydrogen-bond acceptors (Lipinski definition) is 2. The maximum atomic E-state index is 5.51. The highest BCUT2D eigenvalue weighted by Crippen LogP contribution is 2.13. The summed E-state index contributed by atoms with van der Waals surface area (Å²) in [6.07, 6.45) is 0. The van der Waals surface area contributed by atoms with Crippen molar-refractivity contribution in [1.29, 1.82) is 0 Å². The molecule has 0 saturated carbocycles. The summed E-state index contributed by atoms with van der Waals surface area (Å²) in [5.74, 6) is 0.991. The molecule has 0 amide bonds. The zero-order valence-electron chi connectivity index (χ0n) is 9.80. The number of halogens is 2. The number of rotatable bonds is 2. The first-order valence-electron chi connectivity index (χ1n) is 4.65. The topological polar surface area (TPSA) is 41.6 Å². The monoisotopic (exact) mass is 263 g/mol. The lowest BCUT2D eigenvalue weighted by molar-refractivity contribution is 0.619. The lowest BCUT2D eigenvalue weighted by Crippen LogP contribution is -2.17. The molecule has 2 N–H and O–H groups in total. The van der Waals surface area contributed by atoms with E-state index >= 15 is 0 Å². The fourth-order valence-corrected chi connectivity index (χ4v) is 0.993. The van der Waals surface area contributed by atoms with Crippen molar-refractivity contribution in [1.82, 2.24) is 4.90 Å². The fraction of sp³-hybridized carbons (Fsp3) is 0.364. The van der Waals surface area contributed by atoms with Gasteiger partial charge in [0, 0.05) is 20.6 Å². The molecule has 0 unspecified atom stereocenters. The van der Waals surface area contributed by atoms with Crippen molar-refractivity contribution >= 4 is 36.3 Å². The van der Waals surface area contributed by atoms with Crippen LogP contribution in [0.2, 0.25) is 0 Å². The number of aliphatic imine (C=N–C) groups is 1. The average molecular weight is 264 g/mol. The first kappa shape index (κ1) is 17.6. The molecule has 0 atom stereocenters. The lowest BCUT2D eigenvalue weighted by Gasteiger charge is -2.10.